The van der Waals surface area contributed by atoms with Crippen LogP contribution in [0, 0.1) is 12.3 Å². The number of pyridine rings is 1. The Morgan fingerprint density at radius 3 is 2.72 bits per heavy atom. The smallest absolute Gasteiger partial charge is 0.215 e. The zero-order valence-electron chi connectivity index (χ0n) is 19.6. The van der Waals surface area contributed by atoms with Crippen LogP contribution in [0.3, 0.4) is 0 Å². The number of benzene rings is 2. The predicted octanol–water partition coefficient (Wildman–Crippen LogP) is 6.02. The molecule has 4 aromatic rings. The Morgan fingerprint density at radius 1 is 1.22 bits per heavy atom. The molecule has 5 rings (SSSR count). The van der Waals surface area contributed by atoms with Gasteiger partial charge in [0.1, 0.15) is 0 Å². The van der Waals surface area contributed by atoms with Gasteiger partial charge in [-0.25, -0.2) is 13.1 Å². The molecule has 2 aromatic carbocycles. The van der Waals surface area contributed by atoms with Gasteiger partial charge >= 0.3 is 0 Å². The van der Waals surface area contributed by atoms with Gasteiger partial charge in [0.05, 0.1) is 22.6 Å². The van der Waals surface area contributed by atoms with Crippen molar-refractivity contribution in [2.75, 3.05) is 0 Å². The molecule has 2 heterocycles. The highest BCUT2D eigenvalue weighted by molar-refractivity contribution is 7.90. The molecule has 2 N–H and O–H groups in total. The van der Waals surface area contributed by atoms with Gasteiger partial charge in [0.15, 0.2) is 0 Å². The lowest BCUT2D eigenvalue weighted by Gasteiger charge is -2.21. The number of rotatable bonds is 8. The van der Waals surface area contributed by atoms with E-state index in [4.69, 9.17) is 18.0 Å². The molecule has 1 unspecified atom stereocenters. The standard InChI is InChI=1S/C28H25ClN2O3S2/c1-3-14-28(2,32)19-13-15-30-24(17-19)22-9-6-7-18-16-25(35-27(18)22)26(21-8-4-5-10-23(21)29)31-36(33,34)20-11-12-20/h1,4-10,13,15-17,20,26,31-32H,11-12,14H2,2H3/t26-,28?/m1/s1. The van der Waals surface area contributed by atoms with Crippen molar-refractivity contribution in [1.29, 1.82) is 0 Å². The number of fused-ring (bicyclic) bond motifs is 1. The van der Waals surface area contributed by atoms with E-state index in [9.17, 15) is 13.5 Å². The van der Waals surface area contributed by atoms with Gasteiger partial charge in [-0.15, -0.1) is 23.7 Å². The molecule has 184 valence electrons. The molecule has 0 spiro atoms. The maximum atomic E-state index is 13.0. The van der Waals surface area contributed by atoms with Crippen molar-refractivity contribution in [2.45, 2.75) is 43.1 Å². The van der Waals surface area contributed by atoms with Crippen LogP contribution in [0.25, 0.3) is 21.3 Å². The Hall–Kier alpha value is -2.73. The average Bonchev–Trinajstić information content (AvgIpc) is 3.63. The molecule has 1 aliphatic carbocycles. The molecule has 1 aliphatic rings. The average molecular weight is 537 g/mol. The molecule has 1 saturated carbocycles. The lowest BCUT2D eigenvalue weighted by atomic mass is 9.92. The van der Waals surface area contributed by atoms with Gasteiger partial charge in [-0.3, -0.25) is 4.98 Å². The first kappa shape index (κ1) is 24.9. The maximum Gasteiger partial charge on any atom is 0.215 e. The summed E-state index contributed by atoms with van der Waals surface area (Å²) in [5.41, 5.74) is 1.83. The number of aromatic nitrogens is 1. The zero-order valence-corrected chi connectivity index (χ0v) is 22.0. The van der Waals surface area contributed by atoms with E-state index in [-0.39, 0.29) is 11.7 Å². The number of hydrogen-bond acceptors (Lipinski definition) is 5. The van der Waals surface area contributed by atoms with E-state index in [0.717, 1.165) is 20.5 Å². The van der Waals surface area contributed by atoms with Crippen LogP contribution in [-0.2, 0) is 15.6 Å². The van der Waals surface area contributed by atoms with Crippen molar-refractivity contribution in [3.8, 4) is 23.6 Å². The van der Waals surface area contributed by atoms with E-state index in [1.54, 1.807) is 25.3 Å². The van der Waals surface area contributed by atoms with E-state index in [0.29, 0.717) is 34.7 Å². The third-order valence-electron chi connectivity index (χ3n) is 6.41. The summed E-state index contributed by atoms with van der Waals surface area (Å²) in [6, 6.07) is 18.2. The molecular weight excluding hydrogens is 512 g/mol. The fourth-order valence-electron chi connectivity index (χ4n) is 4.26. The van der Waals surface area contributed by atoms with E-state index < -0.39 is 21.7 Å². The van der Waals surface area contributed by atoms with Crippen LogP contribution in [0.5, 0.6) is 0 Å². The fourth-order valence-corrected chi connectivity index (χ4v) is 7.37. The molecule has 0 radical (unpaired) electrons. The summed E-state index contributed by atoms with van der Waals surface area (Å²) < 4.78 is 29.8. The molecule has 36 heavy (non-hydrogen) atoms. The number of nitrogens with zero attached hydrogens (tertiary/aromatic N) is 1. The van der Waals surface area contributed by atoms with E-state index in [2.05, 4.69) is 15.6 Å². The summed E-state index contributed by atoms with van der Waals surface area (Å²) in [6.45, 7) is 1.69. The first-order chi connectivity index (χ1) is 17.2. The summed E-state index contributed by atoms with van der Waals surface area (Å²) in [6.07, 6.45) is 8.65. The van der Waals surface area contributed by atoms with Crippen molar-refractivity contribution in [3.05, 3.63) is 87.9 Å². The lowest BCUT2D eigenvalue weighted by molar-refractivity contribution is 0.0629. The quantitative estimate of drug-likeness (QED) is 0.270. The first-order valence-corrected chi connectivity index (χ1v) is 14.3. The number of halogens is 1. The van der Waals surface area contributed by atoms with E-state index in [1.807, 2.05) is 48.5 Å². The van der Waals surface area contributed by atoms with Gasteiger partial charge in [-0.05, 0) is 60.5 Å². The van der Waals surface area contributed by atoms with Crippen LogP contribution < -0.4 is 4.72 Å². The Bertz CT molecular complexity index is 1580. The molecule has 0 aliphatic heterocycles. The lowest BCUT2D eigenvalue weighted by Crippen LogP contribution is -2.31. The van der Waals surface area contributed by atoms with Crippen LogP contribution in [-0.4, -0.2) is 23.8 Å². The molecule has 2 aromatic heterocycles. The first-order valence-electron chi connectivity index (χ1n) is 11.6. The molecule has 0 bridgehead atoms. The maximum absolute atomic E-state index is 13.0. The summed E-state index contributed by atoms with van der Waals surface area (Å²) in [7, 11) is -3.48. The third kappa shape index (κ3) is 4.93. The Morgan fingerprint density at radius 2 is 2.00 bits per heavy atom. The second-order valence-corrected chi connectivity index (χ2v) is 12.8. The highest BCUT2D eigenvalue weighted by Crippen LogP contribution is 2.41. The minimum atomic E-state index is -3.48. The summed E-state index contributed by atoms with van der Waals surface area (Å²) in [4.78, 5) is 5.40. The molecule has 0 saturated heterocycles. The van der Waals surface area contributed by atoms with Crippen LogP contribution >= 0.6 is 22.9 Å². The number of hydrogen-bond donors (Lipinski definition) is 2. The van der Waals surface area contributed by atoms with Gasteiger partial charge in [-0.1, -0.05) is 48.0 Å². The zero-order chi connectivity index (χ0) is 25.5. The van der Waals surface area contributed by atoms with E-state index in [1.165, 1.54) is 11.3 Å². The number of aliphatic hydroxyl groups is 1. The fraction of sp³-hybridized carbons (Fsp3) is 0.250. The molecule has 0 amide bonds. The van der Waals surface area contributed by atoms with E-state index >= 15 is 0 Å². The Balaban J connectivity index is 1.61. The van der Waals surface area contributed by atoms with Crippen LogP contribution in [0.4, 0.5) is 0 Å². The second-order valence-electron chi connectivity index (χ2n) is 9.27. The molecule has 2 atom stereocenters. The Kier molecular flexibility index (Phi) is 6.67. The van der Waals surface area contributed by atoms with Crippen molar-refractivity contribution in [1.82, 2.24) is 9.71 Å². The van der Waals surface area contributed by atoms with Crippen molar-refractivity contribution in [2.24, 2.45) is 0 Å². The van der Waals surface area contributed by atoms with Crippen molar-refractivity contribution < 1.29 is 13.5 Å². The molecular formula is C28H25ClN2O3S2. The number of terminal acetylenes is 1. The van der Waals surface area contributed by atoms with Gasteiger partial charge < -0.3 is 5.11 Å². The number of sulfonamides is 1. The topological polar surface area (TPSA) is 79.3 Å². The third-order valence-corrected chi connectivity index (χ3v) is 9.92. The van der Waals surface area contributed by atoms with Crippen LogP contribution in [0.1, 0.15) is 48.2 Å². The van der Waals surface area contributed by atoms with Gasteiger partial charge in [0, 0.05) is 32.8 Å². The van der Waals surface area contributed by atoms with Crippen LogP contribution in [0.2, 0.25) is 5.02 Å². The molecule has 8 heteroatoms. The molecule has 5 nitrogen and oxygen atoms in total. The SMILES string of the molecule is C#CCC(C)(O)c1ccnc(-c2cccc3cc([C@H](NS(=O)(=O)C4CC4)c4ccccc4Cl)sc23)c1. The van der Waals surface area contributed by atoms with Crippen molar-refractivity contribution in [3.63, 3.8) is 0 Å². The van der Waals surface area contributed by atoms with Crippen LogP contribution in [0.15, 0.2) is 66.9 Å². The summed E-state index contributed by atoms with van der Waals surface area (Å²) in [5.74, 6) is 2.53. The minimum absolute atomic E-state index is 0.185. The number of nitrogens with one attached hydrogen (secondary N) is 1. The molecule has 1 fully saturated rings. The van der Waals surface area contributed by atoms with Crippen molar-refractivity contribution >= 4 is 43.0 Å². The van der Waals surface area contributed by atoms with Gasteiger partial charge in [-0.2, -0.15) is 0 Å². The second kappa shape index (κ2) is 9.62. The van der Waals surface area contributed by atoms with Gasteiger partial charge in [0.2, 0.25) is 10.0 Å². The Labute approximate surface area is 220 Å². The summed E-state index contributed by atoms with van der Waals surface area (Å²) in [5, 5.41) is 11.9. The monoisotopic (exact) mass is 536 g/mol. The highest BCUT2D eigenvalue weighted by atomic mass is 35.5. The summed E-state index contributed by atoms with van der Waals surface area (Å²) >= 11 is 8.03. The minimum Gasteiger partial charge on any atom is -0.384 e. The largest absolute Gasteiger partial charge is 0.384 e. The predicted molar refractivity (Wildman–Crippen MR) is 146 cm³/mol. The normalized spacial score (nSPS) is 16.4. The highest BCUT2D eigenvalue weighted by Gasteiger charge is 2.38. The van der Waals surface area contributed by atoms with Gasteiger partial charge in [0.25, 0.3) is 0 Å². The number of thiophene rings is 1.